The molecular formula is C21H22FN3O3. The molecule has 0 aromatic heterocycles. The van der Waals surface area contributed by atoms with Crippen molar-refractivity contribution in [3.8, 4) is 0 Å². The van der Waals surface area contributed by atoms with Crippen LogP contribution in [0.3, 0.4) is 0 Å². The summed E-state index contributed by atoms with van der Waals surface area (Å²) in [7, 11) is 1.58. The second-order valence-electron chi connectivity index (χ2n) is 6.71. The number of anilines is 1. The first kappa shape index (κ1) is 19.5. The van der Waals surface area contributed by atoms with E-state index in [1.54, 1.807) is 43.4 Å². The molecule has 1 aliphatic heterocycles. The van der Waals surface area contributed by atoms with Gasteiger partial charge in [0.15, 0.2) is 6.61 Å². The van der Waals surface area contributed by atoms with Crippen molar-refractivity contribution in [2.24, 2.45) is 5.10 Å². The number of rotatable bonds is 6. The molecule has 0 unspecified atom stereocenters. The van der Waals surface area contributed by atoms with Gasteiger partial charge < -0.3 is 9.64 Å². The lowest BCUT2D eigenvalue weighted by Crippen LogP contribution is -2.30. The van der Waals surface area contributed by atoms with E-state index in [4.69, 9.17) is 4.74 Å². The number of hydrogen-bond donors (Lipinski definition) is 0. The Kier molecular flexibility index (Phi) is 6.03. The van der Waals surface area contributed by atoms with Crippen molar-refractivity contribution in [2.75, 3.05) is 25.2 Å². The Morgan fingerprint density at radius 1 is 1.21 bits per heavy atom. The number of halogens is 1. The van der Waals surface area contributed by atoms with Crippen LogP contribution in [0.4, 0.5) is 10.1 Å². The van der Waals surface area contributed by atoms with Gasteiger partial charge in [-0.15, -0.1) is 0 Å². The highest BCUT2D eigenvalue weighted by atomic mass is 19.1. The monoisotopic (exact) mass is 383 g/mol. The summed E-state index contributed by atoms with van der Waals surface area (Å²) in [6.45, 7) is 2.66. The maximum Gasteiger partial charge on any atom is 0.338 e. The molecule has 2 aromatic rings. The molecule has 0 radical (unpaired) electrons. The lowest BCUT2D eigenvalue weighted by Gasteiger charge is -2.17. The number of esters is 1. The van der Waals surface area contributed by atoms with E-state index in [9.17, 15) is 14.0 Å². The Morgan fingerprint density at radius 2 is 1.96 bits per heavy atom. The molecule has 0 N–H and O–H groups in total. The van der Waals surface area contributed by atoms with Crippen molar-refractivity contribution >= 4 is 23.3 Å². The average Bonchev–Trinajstić information content (AvgIpc) is 3.12. The Bertz CT molecular complexity index is 896. The van der Waals surface area contributed by atoms with Crippen LogP contribution in [0, 0.1) is 5.82 Å². The number of nitrogens with zero attached hydrogens (tertiary/aromatic N) is 3. The maximum absolute atomic E-state index is 13.2. The van der Waals surface area contributed by atoms with Gasteiger partial charge in [-0.05, 0) is 48.9 Å². The fraction of sp³-hybridized carbons (Fsp3) is 0.286. The van der Waals surface area contributed by atoms with Gasteiger partial charge in [-0.3, -0.25) is 9.80 Å². The van der Waals surface area contributed by atoms with Gasteiger partial charge in [-0.25, -0.2) is 9.18 Å². The quantitative estimate of drug-likeness (QED) is 0.719. The van der Waals surface area contributed by atoms with E-state index in [0.717, 1.165) is 24.4 Å². The van der Waals surface area contributed by atoms with Crippen LogP contribution in [-0.2, 0) is 16.1 Å². The van der Waals surface area contributed by atoms with Crippen molar-refractivity contribution in [1.82, 2.24) is 4.90 Å². The highest BCUT2D eigenvalue weighted by molar-refractivity contribution is 5.92. The fourth-order valence-corrected chi connectivity index (χ4v) is 2.85. The molecule has 0 fully saturated rings. The number of hydrazone groups is 1. The summed E-state index contributed by atoms with van der Waals surface area (Å²) in [5.41, 5.74) is 3.01. The minimum absolute atomic E-state index is 0.235. The van der Waals surface area contributed by atoms with Gasteiger partial charge in [0.25, 0.3) is 5.91 Å². The molecule has 146 valence electrons. The molecule has 0 saturated heterocycles. The summed E-state index contributed by atoms with van der Waals surface area (Å²) < 4.78 is 18.3. The van der Waals surface area contributed by atoms with Gasteiger partial charge in [-0.1, -0.05) is 12.1 Å². The highest BCUT2D eigenvalue weighted by Crippen LogP contribution is 2.20. The minimum atomic E-state index is -0.569. The first-order chi connectivity index (χ1) is 13.4. The predicted molar refractivity (Wildman–Crippen MR) is 105 cm³/mol. The molecule has 1 amide bonds. The summed E-state index contributed by atoms with van der Waals surface area (Å²) >= 11 is 0. The standard InChI is InChI=1S/C21H22FN3O3/c1-15-10-11-25(23-15)19-8-6-17(7-9-19)21(27)28-14-20(26)24(2)13-16-4-3-5-18(22)12-16/h3-9,12H,10-11,13-14H2,1-2H3. The number of carbonyl (C=O) groups excluding carboxylic acids is 2. The third-order valence-electron chi connectivity index (χ3n) is 4.44. The summed E-state index contributed by atoms with van der Waals surface area (Å²) in [5.74, 6) is -1.29. The molecule has 28 heavy (non-hydrogen) atoms. The number of hydrogen-bond acceptors (Lipinski definition) is 5. The van der Waals surface area contributed by atoms with Crippen LogP contribution in [0.5, 0.6) is 0 Å². The Hall–Kier alpha value is -3.22. The van der Waals surface area contributed by atoms with Crippen molar-refractivity contribution in [3.05, 3.63) is 65.5 Å². The molecule has 0 saturated carbocycles. The molecule has 6 nitrogen and oxygen atoms in total. The lowest BCUT2D eigenvalue weighted by molar-refractivity contribution is -0.133. The molecule has 0 atom stereocenters. The molecule has 0 spiro atoms. The second kappa shape index (κ2) is 8.65. The van der Waals surface area contributed by atoms with E-state index in [0.29, 0.717) is 11.1 Å². The van der Waals surface area contributed by atoms with Crippen molar-refractivity contribution in [1.29, 1.82) is 0 Å². The minimum Gasteiger partial charge on any atom is -0.452 e. The largest absolute Gasteiger partial charge is 0.452 e. The zero-order valence-corrected chi connectivity index (χ0v) is 15.9. The number of amides is 1. The maximum atomic E-state index is 13.2. The van der Waals surface area contributed by atoms with Gasteiger partial charge in [0.05, 0.1) is 11.3 Å². The Morgan fingerprint density at radius 3 is 2.61 bits per heavy atom. The van der Waals surface area contributed by atoms with Gasteiger partial charge in [-0.2, -0.15) is 5.10 Å². The SMILES string of the molecule is CC1=NN(c2ccc(C(=O)OCC(=O)N(C)Cc3cccc(F)c3)cc2)CC1. The number of ether oxygens (including phenoxy) is 1. The first-order valence-corrected chi connectivity index (χ1v) is 8.99. The van der Waals surface area contributed by atoms with Crippen LogP contribution < -0.4 is 5.01 Å². The average molecular weight is 383 g/mol. The highest BCUT2D eigenvalue weighted by Gasteiger charge is 2.16. The van der Waals surface area contributed by atoms with Crippen molar-refractivity contribution < 1.29 is 18.7 Å². The smallest absolute Gasteiger partial charge is 0.338 e. The number of carbonyl (C=O) groups is 2. The Labute approximate surface area is 163 Å². The summed E-state index contributed by atoms with van der Waals surface area (Å²) in [4.78, 5) is 25.7. The van der Waals surface area contributed by atoms with Crippen molar-refractivity contribution in [3.63, 3.8) is 0 Å². The third-order valence-corrected chi connectivity index (χ3v) is 4.44. The first-order valence-electron chi connectivity index (χ1n) is 8.99. The lowest BCUT2D eigenvalue weighted by atomic mass is 10.2. The molecule has 0 aliphatic carbocycles. The van der Waals surface area contributed by atoms with Crippen LogP contribution in [0.25, 0.3) is 0 Å². The molecule has 1 aliphatic rings. The second-order valence-corrected chi connectivity index (χ2v) is 6.71. The van der Waals surface area contributed by atoms with Crippen LogP contribution in [0.1, 0.15) is 29.3 Å². The fourth-order valence-electron chi connectivity index (χ4n) is 2.85. The summed E-state index contributed by atoms with van der Waals surface area (Å²) in [6, 6.07) is 12.9. The Balaban J connectivity index is 1.51. The van der Waals surface area contributed by atoms with Gasteiger partial charge in [0.1, 0.15) is 5.82 Å². The number of benzene rings is 2. The van der Waals surface area contributed by atoms with Crippen LogP contribution in [0.15, 0.2) is 53.6 Å². The van der Waals surface area contributed by atoms with Crippen molar-refractivity contribution in [2.45, 2.75) is 19.9 Å². The van der Waals surface area contributed by atoms with Gasteiger partial charge in [0, 0.05) is 32.3 Å². The van der Waals surface area contributed by atoms with Crippen LogP contribution in [0.2, 0.25) is 0 Å². The zero-order valence-electron chi connectivity index (χ0n) is 15.9. The zero-order chi connectivity index (χ0) is 20.1. The van der Waals surface area contributed by atoms with E-state index >= 15 is 0 Å². The molecule has 2 aromatic carbocycles. The topological polar surface area (TPSA) is 62.2 Å². The normalized spacial score (nSPS) is 13.2. The summed E-state index contributed by atoms with van der Waals surface area (Å²) in [5, 5.41) is 6.30. The molecule has 0 bridgehead atoms. The van der Waals surface area contributed by atoms with Gasteiger partial charge >= 0.3 is 5.97 Å². The van der Waals surface area contributed by atoms with E-state index in [-0.39, 0.29) is 24.9 Å². The van der Waals surface area contributed by atoms with E-state index in [2.05, 4.69) is 5.10 Å². The molecule has 3 rings (SSSR count). The van der Waals surface area contributed by atoms with E-state index in [1.807, 2.05) is 11.9 Å². The molecular weight excluding hydrogens is 361 g/mol. The van der Waals surface area contributed by atoms with E-state index < -0.39 is 5.97 Å². The van der Waals surface area contributed by atoms with Crippen LogP contribution in [-0.4, -0.2) is 42.7 Å². The van der Waals surface area contributed by atoms with Crippen LogP contribution >= 0.6 is 0 Å². The number of likely N-dealkylation sites (N-methyl/N-ethyl adjacent to an activating group) is 1. The predicted octanol–water partition coefficient (Wildman–Crippen LogP) is 3.23. The third kappa shape index (κ3) is 4.94. The summed E-state index contributed by atoms with van der Waals surface area (Å²) in [6.07, 6.45) is 0.926. The van der Waals surface area contributed by atoms with E-state index in [1.165, 1.54) is 17.0 Å². The molecule has 1 heterocycles. The molecule has 7 heteroatoms. The van der Waals surface area contributed by atoms with Gasteiger partial charge in [0.2, 0.25) is 0 Å².